The molecule has 1 aromatic carbocycles. The molecular formula is C24H34N4O2. The molecule has 4 rings (SSSR count). The first-order chi connectivity index (χ1) is 14.5. The molecule has 2 heterocycles. The summed E-state index contributed by atoms with van der Waals surface area (Å²) >= 11 is 0. The van der Waals surface area contributed by atoms with Crippen LogP contribution < -0.4 is 5.32 Å². The Balaban J connectivity index is 1.42. The van der Waals surface area contributed by atoms with Gasteiger partial charge in [0.15, 0.2) is 0 Å². The van der Waals surface area contributed by atoms with E-state index < -0.39 is 0 Å². The molecular weight excluding hydrogens is 376 g/mol. The fourth-order valence-electron chi connectivity index (χ4n) is 4.93. The smallest absolute Gasteiger partial charge is 0.317 e. The van der Waals surface area contributed by atoms with Crippen LogP contribution in [-0.4, -0.2) is 53.7 Å². The van der Waals surface area contributed by atoms with Gasteiger partial charge in [0.1, 0.15) is 5.82 Å². The van der Waals surface area contributed by atoms with Gasteiger partial charge in [-0.2, -0.15) is 0 Å². The van der Waals surface area contributed by atoms with Gasteiger partial charge in [0.05, 0.1) is 24.2 Å². The normalized spacial score (nSPS) is 24.9. The third kappa shape index (κ3) is 4.69. The van der Waals surface area contributed by atoms with Gasteiger partial charge in [0, 0.05) is 26.1 Å². The number of aromatic amines is 1. The number of rotatable bonds is 5. The zero-order chi connectivity index (χ0) is 21.1. The molecule has 0 bridgehead atoms. The Labute approximate surface area is 179 Å². The maximum Gasteiger partial charge on any atom is 0.317 e. The lowest BCUT2D eigenvalue weighted by Crippen LogP contribution is -2.48. The van der Waals surface area contributed by atoms with Crippen molar-refractivity contribution in [2.75, 3.05) is 32.8 Å². The maximum atomic E-state index is 12.5. The lowest BCUT2D eigenvalue weighted by Gasteiger charge is -2.37. The second-order valence-corrected chi connectivity index (χ2v) is 9.11. The summed E-state index contributed by atoms with van der Waals surface area (Å²) < 4.78 is 5.35. The number of amides is 2. The maximum absolute atomic E-state index is 12.5. The van der Waals surface area contributed by atoms with Crippen molar-refractivity contribution in [2.24, 2.45) is 23.7 Å². The third-order valence-electron chi connectivity index (χ3n) is 6.75. The Morgan fingerprint density at radius 3 is 2.80 bits per heavy atom. The van der Waals surface area contributed by atoms with Crippen molar-refractivity contribution in [3.63, 3.8) is 0 Å². The zero-order valence-electron chi connectivity index (χ0n) is 18.4. The van der Waals surface area contributed by atoms with Crippen LogP contribution in [0.3, 0.4) is 0 Å². The van der Waals surface area contributed by atoms with E-state index >= 15 is 0 Å². The van der Waals surface area contributed by atoms with Gasteiger partial charge < -0.3 is 19.9 Å². The first-order valence-electron chi connectivity index (χ1n) is 11.2. The summed E-state index contributed by atoms with van der Waals surface area (Å²) in [6, 6.07) is 8.25. The summed E-state index contributed by atoms with van der Waals surface area (Å²) in [7, 11) is 0. The van der Waals surface area contributed by atoms with Crippen molar-refractivity contribution in [1.29, 1.82) is 0 Å². The number of allylic oxidation sites excluding steroid dienone is 1. The Kier molecular flexibility index (Phi) is 6.42. The SMILES string of the molecule is CC1=CC(CNC(=O)N2CCOCC2)C(C(C)C)CC1Cc1nc2ccccc2[nH]1. The molecule has 1 aromatic heterocycles. The number of carbonyl (C=O) groups is 1. The fourth-order valence-corrected chi connectivity index (χ4v) is 4.93. The second kappa shape index (κ2) is 9.21. The zero-order valence-corrected chi connectivity index (χ0v) is 18.4. The van der Waals surface area contributed by atoms with Crippen LogP contribution in [-0.2, 0) is 11.2 Å². The number of imidazole rings is 1. The van der Waals surface area contributed by atoms with E-state index in [4.69, 9.17) is 9.72 Å². The predicted octanol–water partition coefficient (Wildman–Crippen LogP) is 4.00. The summed E-state index contributed by atoms with van der Waals surface area (Å²) in [4.78, 5) is 22.6. The predicted molar refractivity (Wildman–Crippen MR) is 119 cm³/mol. The molecule has 2 N–H and O–H groups in total. The second-order valence-electron chi connectivity index (χ2n) is 9.11. The molecule has 2 aromatic rings. The lowest BCUT2D eigenvalue weighted by molar-refractivity contribution is 0.0527. The van der Waals surface area contributed by atoms with Crippen molar-refractivity contribution in [3.05, 3.63) is 41.7 Å². The van der Waals surface area contributed by atoms with Crippen molar-refractivity contribution < 1.29 is 9.53 Å². The summed E-state index contributed by atoms with van der Waals surface area (Å²) in [5.74, 6) is 3.05. The highest BCUT2D eigenvalue weighted by Crippen LogP contribution is 2.38. The molecule has 162 valence electrons. The Hall–Kier alpha value is -2.34. The van der Waals surface area contributed by atoms with Gasteiger partial charge in [-0.3, -0.25) is 0 Å². The molecule has 1 aliphatic heterocycles. The van der Waals surface area contributed by atoms with E-state index in [2.05, 4.69) is 49.3 Å². The van der Waals surface area contributed by atoms with E-state index in [0.29, 0.717) is 56.5 Å². The third-order valence-corrected chi connectivity index (χ3v) is 6.75. The van der Waals surface area contributed by atoms with E-state index in [1.54, 1.807) is 0 Å². The summed E-state index contributed by atoms with van der Waals surface area (Å²) in [5.41, 5.74) is 3.56. The standard InChI is InChI=1S/C24H34N4O2/c1-16(2)20-13-18(14-23-26-21-6-4-5-7-22(21)27-23)17(3)12-19(20)15-25-24(29)28-8-10-30-11-9-28/h4-7,12,16,18-20H,8-11,13-15H2,1-3H3,(H,25,29)(H,26,27). The van der Waals surface area contributed by atoms with E-state index in [1.165, 1.54) is 5.57 Å². The van der Waals surface area contributed by atoms with E-state index in [0.717, 1.165) is 29.7 Å². The Morgan fingerprint density at radius 2 is 2.07 bits per heavy atom. The lowest BCUT2D eigenvalue weighted by atomic mass is 9.70. The van der Waals surface area contributed by atoms with Crippen LogP contribution in [0.15, 0.2) is 35.9 Å². The topological polar surface area (TPSA) is 70.2 Å². The van der Waals surface area contributed by atoms with Crippen LogP contribution in [0.4, 0.5) is 4.79 Å². The molecule has 2 aliphatic rings. The number of hydrogen-bond donors (Lipinski definition) is 2. The summed E-state index contributed by atoms with van der Waals surface area (Å²) in [6.07, 6.45) is 4.48. The summed E-state index contributed by atoms with van der Waals surface area (Å²) in [5, 5.41) is 3.18. The molecule has 6 heteroatoms. The molecule has 1 aliphatic carbocycles. The van der Waals surface area contributed by atoms with Crippen molar-refractivity contribution >= 4 is 17.1 Å². The highest BCUT2D eigenvalue weighted by molar-refractivity contribution is 5.75. The molecule has 0 saturated carbocycles. The number of urea groups is 1. The van der Waals surface area contributed by atoms with Crippen molar-refractivity contribution in [2.45, 2.75) is 33.6 Å². The largest absolute Gasteiger partial charge is 0.378 e. The van der Waals surface area contributed by atoms with Gasteiger partial charge in [-0.05, 0) is 49.1 Å². The molecule has 1 fully saturated rings. The van der Waals surface area contributed by atoms with Gasteiger partial charge in [-0.25, -0.2) is 9.78 Å². The number of carbonyl (C=O) groups excluding carboxylic acids is 1. The number of fused-ring (bicyclic) bond motifs is 1. The minimum absolute atomic E-state index is 0.0382. The molecule has 6 nitrogen and oxygen atoms in total. The van der Waals surface area contributed by atoms with E-state index in [1.807, 2.05) is 17.0 Å². The van der Waals surface area contributed by atoms with E-state index in [9.17, 15) is 4.79 Å². The van der Waals surface area contributed by atoms with Crippen molar-refractivity contribution in [3.8, 4) is 0 Å². The van der Waals surface area contributed by atoms with E-state index in [-0.39, 0.29) is 6.03 Å². The average Bonchev–Trinajstić information content (AvgIpc) is 3.16. The fraction of sp³-hybridized carbons (Fsp3) is 0.583. The van der Waals surface area contributed by atoms with Crippen LogP contribution in [0.1, 0.15) is 33.0 Å². The van der Waals surface area contributed by atoms with Gasteiger partial charge >= 0.3 is 6.03 Å². The number of benzene rings is 1. The van der Waals surface area contributed by atoms with Crippen LogP contribution in [0, 0.1) is 23.7 Å². The minimum atomic E-state index is 0.0382. The van der Waals surface area contributed by atoms with Crippen LogP contribution in [0.2, 0.25) is 0 Å². The number of para-hydroxylation sites is 2. The first-order valence-corrected chi connectivity index (χ1v) is 11.2. The molecule has 1 saturated heterocycles. The number of hydrogen-bond acceptors (Lipinski definition) is 3. The highest BCUT2D eigenvalue weighted by atomic mass is 16.5. The number of aromatic nitrogens is 2. The first kappa shape index (κ1) is 20.9. The Morgan fingerprint density at radius 1 is 1.30 bits per heavy atom. The van der Waals surface area contributed by atoms with Crippen LogP contribution >= 0.6 is 0 Å². The van der Waals surface area contributed by atoms with Gasteiger partial charge in [0.25, 0.3) is 0 Å². The molecule has 3 unspecified atom stereocenters. The van der Waals surface area contributed by atoms with Gasteiger partial charge in [0.2, 0.25) is 0 Å². The molecule has 0 spiro atoms. The average molecular weight is 411 g/mol. The number of morpholine rings is 1. The Bertz CT molecular complexity index is 864. The monoisotopic (exact) mass is 410 g/mol. The molecule has 0 radical (unpaired) electrons. The molecule has 30 heavy (non-hydrogen) atoms. The van der Waals surface area contributed by atoms with Crippen LogP contribution in [0.25, 0.3) is 11.0 Å². The number of nitrogens with zero attached hydrogens (tertiary/aromatic N) is 2. The summed E-state index contributed by atoms with van der Waals surface area (Å²) in [6.45, 7) is 10.2. The molecule has 3 atom stereocenters. The highest BCUT2D eigenvalue weighted by Gasteiger charge is 2.32. The minimum Gasteiger partial charge on any atom is -0.378 e. The number of nitrogens with one attached hydrogen (secondary N) is 2. The number of ether oxygens (including phenoxy) is 1. The quantitative estimate of drug-likeness (QED) is 0.732. The van der Waals surface area contributed by atoms with Crippen molar-refractivity contribution in [1.82, 2.24) is 20.2 Å². The van der Waals surface area contributed by atoms with Gasteiger partial charge in [-0.15, -0.1) is 0 Å². The molecule has 2 amide bonds. The van der Waals surface area contributed by atoms with Crippen LogP contribution in [0.5, 0.6) is 0 Å². The van der Waals surface area contributed by atoms with Gasteiger partial charge in [-0.1, -0.05) is 37.6 Å². The number of H-pyrrole nitrogens is 1.